The van der Waals surface area contributed by atoms with Gasteiger partial charge >= 0.3 is 0 Å². The maximum Gasteiger partial charge on any atom is 0.0956 e. The summed E-state index contributed by atoms with van der Waals surface area (Å²) in [6.07, 6.45) is 1.17. The van der Waals surface area contributed by atoms with Gasteiger partial charge in [-0.3, -0.25) is 0 Å². The second-order valence-electron chi connectivity index (χ2n) is 2.96. The lowest BCUT2D eigenvalue weighted by atomic mass is 10.00. The van der Waals surface area contributed by atoms with Crippen molar-refractivity contribution >= 4 is 0 Å². The van der Waals surface area contributed by atoms with Gasteiger partial charge in [-0.25, -0.2) is 0 Å². The number of hydrogen-bond donors (Lipinski definition) is 1. The summed E-state index contributed by atoms with van der Waals surface area (Å²) in [7, 11) is 0. The molecule has 3 unspecified atom stereocenters. The molecule has 0 bridgehead atoms. The zero-order valence-corrected chi connectivity index (χ0v) is 6.66. The van der Waals surface area contributed by atoms with E-state index >= 15 is 0 Å². The Morgan fingerprint density at radius 3 is 2.91 bits per heavy atom. The van der Waals surface area contributed by atoms with Gasteiger partial charge in [0.2, 0.25) is 0 Å². The molecule has 0 aromatic heterocycles. The first-order valence-corrected chi connectivity index (χ1v) is 3.95. The third-order valence-corrected chi connectivity index (χ3v) is 2.06. The largest absolute Gasteiger partial charge is 0.389 e. The first-order chi connectivity index (χ1) is 5.25. The predicted molar refractivity (Wildman–Crippen MR) is 39.8 cm³/mol. The maximum atomic E-state index is 9.47. The normalized spacial score (nSPS) is 29.4. The Labute approximate surface area is 66.6 Å². The number of ether oxygens (including phenoxy) is 1. The molecule has 1 saturated heterocycles. The lowest BCUT2D eigenvalue weighted by Gasteiger charge is -2.18. The van der Waals surface area contributed by atoms with Crippen LogP contribution in [0, 0.1) is 17.2 Å². The van der Waals surface area contributed by atoms with Crippen molar-refractivity contribution in [3.05, 3.63) is 0 Å². The van der Waals surface area contributed by atoms with E-state index in [9.17, 15) is 5.11 Å². The minimum Gasteiger partial charge on any atom is -0.389 e. The molecule has 0 radical (unpaired) electrons. The summed E-state index contributed by atoms with van der Waals surface area (Å²) in [4.78, 5) is 0. The van der Waals surface area contributed by atoms with Crippen LogP contribution in [0.5, 0.6) is 0 Å². The molecular formula is C8H13NO2. The summed E-state index contributed by atoms with van der Waals surface area (Å²) < 4.78 is 5.24. The lowest BCUT2D eigenvalue weighted by Crippen LogP contribution is -2.30. The fourth-order valence-corrected chi connectivity index (χ4v) is 1.27. The Hall–Kier alpha value is -0.590. The molecule has 3 nitrogen and oxygen atoms in total. The summed E-state index contributed by atoms with van der Waals surface area (Å²) in [5.74, 6) is -0.321. The summed E-state index contributed by atoms with van der Waals surface area (Å²) >= 11 is 0. The zero-order chi connectivity index (χ0) is 8.27. The van der Waals surface area contributed by atoms with Gasteiger partial charge in [0.1, 0.15) is 0 Å². The first kappa shape index (κ1) is 8.51. The Balaban J connectivity index is 2.40. The molecule has 0 aromatic carbocycles. The van der Waals surface area contributed by atoms with Crippen LogP contribution in [0.1, 0.15) is 19.8 Å². The van der Waals surface area contributed by atoms with Crippen LogP contribution in [0.3, 0.4) is 0 Å². The standard InChI is InChI=1S/C8H13NO2/c1-6(5-9)8(10)7-3-2-4-11-7/h6-8,10H,2-4H2,1H3. The fraction of sp³-hybridized carbons (Fsp3) is 0.875. The van der Waals surface area contributed by atoms with Crippen molar-refractivity contribution in [1.29, 1.82) is 5.26 Å². The zero-order valence-electron chi connectivity index (χ0n) is 6.66. The molecule has 1 N–H and O–H groups in total. The van der Waals surface area contributed by atoms with E-state index in [0.717, 1.165) is 19.4 Å². The molecule has 3 heteroatoms. The van der Waals surface area contributed by atoms with Crippen LogP contribution in [0.25, 0.3) is 0 Å². The van der Waals surface area contributed by atoms with Crippen LogP contribution in [0.4, 0.5) is 0 Å². The van der Waals surface area contributed by atoms with E-state index in [1.165, 1.54) is 0 Å². The number of rotatable bonds is 2. The summed E-state index contributed by atoms with van der Waals surface area (Å²) in [6.45, 7) is 2.44. The number of hydrogen-bond acceptors (Lipinski definition) is 3. The van der Waals surface area contributed by atoms with Crippen molar-refractivity contribution in [2.75, 3.05) is 6.61 Å². The van der Waals surface area contributed by atoms with Gasteiger partial charge in [0.05, 0.1) is 24.2 Å². The molecule has 0 aromatic rings. The highest BCUT2D eigenvalue weighted by Gasteiger charge is 2.28. The number of nitrogens with zero attached hydrogens (tertiary/aromatic N) is 1. The second kappa shape index (κ2) is 3.70. The van der Waals surface area contributed by atoms with Crippen LogP contribution in [-0.4, -0.2) is 23.9 Å². The molecular weight excluding hydrogens is 142 g/mol. The van der Waals surface area contributed by atoms with Gasteiger partial charge < -0.3 is 9.84 Å². The Bertz CT molecular complexity index is 158. The number of aliphatic hydroxyl groups excluding tert-OH is 1. The molecule has 62 valence electrons. The van der Waals surface area contributed by atoms with E-state index in [1.807, 2.05) is 6.07 Å². The highest BCUT2D eigenvalue weighted by Crippen LogP contribution is 2.19. The molecule has 3 atom stereocenters. The van der Waals surface area contributed by atoms with Crippen LogP contribution >= 0.6 is 0 Å². The molecule has 0 saturated carbocycles. The first-order valence-electron chi connectivity index (χ1n) is 3.95. The number of nitriles is 1. The Morgan fingerprint density at radius 1 is 1.73 bits per heavy atom. The fourth-order valence-electron chi connectivity index (χ4n) is 1.27. The van der Waals surface area contributed by atoms with Crippen molar-refractivity contribution < 1.29 is 9.84 Å². The highest BCUT2D eigenvalue weighted by molar-refractivity contribution is 4.89. The van der Waals surface area contributed by atoms with Gasteiger partial charge in [-0.1, -0.05) is 0 Å². The van der Waals surface area contributed by atoms with Crippen LogP contribution in [0.15, 0.2) is 0 Å². The lowest BCUT2D eigenvalue weighted by molar-refractivity contribution is -0.0171. The molecule has 0 amide bonds. The summed E-state index contributed by atoms with van der Waals surface area (Å²) in [5.41, 5.74) is 0. The second-order valence-corrected chi connectivity index (χ2v) is 2.96. The Morgan fingerprint density at radius 2 is 2.45 bits per heavy atom. The van der Waals surface area contributed by atoms with Crippen molar-refractivity contribution in [3.63, 3.8) is 0 Å². The van der Waals surface area contributed by atoms with Crippen molar-refractivity contribution in [2.24, 2.45) is 5.92 Å². The van der Waals surface area contributed by atoms with Gasteiger partial charge in [-0.15, -0.1) is 0 Å². The van der Waals surface area contributed by atoms with Crippen LogP contribution in [-0.2, 0) is 4.74 Å². The van der Waals surface area contributed by atoms with Crippen molar-refractivity contribution in [3.8, 4) is 6.07 Å². The van der Waals surface area contributed by atoms with Gasteiger partial charge in [0, 0.05) is 6.61 Å². The summed E-state index contributed by atoms with van der Waals surface area (Å²) in [6, 6.07) is 2.01. The topological polar surface area (TPSA) is 53.2 Å². The van der Waals surface area contributed by atoms with Crippen molar-refractivity contribution in [2.45, 2.75) is 32.0 Å². The van der Waals surface area contributed by atoms with Crippen molar-refractivity contribution in [1.82, 2.24) is 0 Å². The molecule has 0 aliphatic carbocycles. The summed E-state index contributed by atoms with van der Waals surface area (Å²) in [5, 5.41) is 18.0. The molecule has 1 aliphatic rings. The number of aliphatic hydroxyl groups is 1. The minimum absolute atomic E-state index is 0.107. The van der Waals surface area contributed by atoms with E-state index < -0.39 is 6.10 Å². The van der Waals surface area contributed by atoms with Crippen LogP contribution in [0.2, 0.25) is 0 Å². The van der Waals surface area contributed by atoms with Gasteiger partial charge in [0.15, 0.2) is 0 Å². The van der Waals surface area contributed by atoms with E-state index in [-0.39, 0.29) is 12.0 Å². The molecule has 1 heterocycles. The Kier molecular flexibility index (Phi) is 2.86. The average Bonchev–Trinajstić information content (AvgIpc) is 2.53. The molecule has 1 fully saturated rings. The maximum absolute atomic E-state index is 9.47. The molecule has 11 heavy (non-hydrogen) atoms. The van der Waals surface area contributed by atoms with E-state index in [2.05, 4.69) is 0 Å². The van der Waals surface area contributed by atoms with Gasteiger partial charge in [0.25, 0.3) is 0 Å². The average molecular weight is 155 g/mol. The predicted octanol–water partition coefficient (Wildman–Crippen LogP) is 0.686. The van der Waals surface area contributed by atoms with E-state index in [4.69, 9.17) is 10.00 Å². The highest BCUT2D eigenvalue weighted by atomic mass is 16.5. The monoisotopic (exact) mass is 155 g/mol. The van der Waals surface area contributed by atoms with E-state index in [0.29, 0.717) is 0 Å². The van der Waals surface area contributed by atoms with Crippen LogP contribution < -0.4 is 0 Å². The molecule has 1 rings (SSSR count). The minimum atomic E-state index is -0.609. The molecule has 0 spiro atoms. The van der Waals surface area contributed by atoms with Gasteiger partial charge in [-0.05, 0) is 19.8 Å². The third-order valence-electron chi connectivity index (χ3n) is 2.06. The third kappa shape index (κ3) is 1.92. The molecule has 1 aliphatic heterocycles. The van der Waals surface area contributed by atoms with E-state index in [1.54, 1.807) is 6.92 Å². The van der Waals surface area contributed by atoms with Gasteiger partial charge in [-0.2, -0.15) is 5.26 Å². The smallest absolute Gasteiger partial charge is 0.0956 e. The SMILES string of the molecule is CC(C#N)C(O)C1CCCO1. The quantitative estimate of drug-likeness (QED) is 0.638.